The highest BCUT2D eigenvalue weighted by Crippen LogP contribution is 2.19. The van der Waals surface area contributed by atoms with Crippen molar-refractivity contribution in [2.45, 2.75) is 18.7 Å². The number of anilines is 1. The van der Waals surface area contributed by atoms with Gasteiger partial charge in [0.15, 0.2) is 0 Å². The first kappa shape index (κ1) is 20.0. The molecule has 0 radical (unpaired) electrons. The van der Waals surface area contributed by atoms with Crippen LogP contribution in [-0.2, 0) is 10.0 Å². The molecule has 0 aromatic heterocycles. The van der Waals surface area contributed by atoms with Crippen molar-refractivity contribution in [2.75, 3.05) is 17.8 Å². The molecule has 0 saturated carbocycles. The maximum absolute atomic E-state index is 12.5. The summed E-state index contributed by atoms with van der Waals surface area (Å²) in [5.41, 5.74) is 2.43. The summed E-state index contributed by atoms with van der Waals surface area (Å²) >= 11 is 0. The second-order valence-electron chi connectivity index (χ2n) is 5.91. The van der Waals surface area contributed by atoms with Gasteiger partial charge in [0.2, 0.25) is 0 Å². The number of nitrogens with zero attached hydrogens (tertiary/aromatic N) is 3. The van der Waals surface area contributed by atoms with Crippen LogP contribution in [0.4, 0.5) is 5.69 Å². The molecule has 2 aromatic carbocycles. The minimum Gasteiger partial charge on any atom is -0.312 e. The maximum atomic E-state index is 12.5. The van der Waals surface area contributed by atoms with E-state index in [2.05, 4.69) is 4.72 Å². The van der Waals surface area contributed by atoms with Crippen LogP contribution in [0.25, 0.3) is 0 Å². The van der Waals surface area contributed by atoms with E-state index in [0.717, 1.165) is 16.0 Å². The summed E-state index contributed by atoms with van der Waals surface area (Å²) in [6.45, 7) is 3.33. The fourth-order valence-corrected chi connectivity index (χ4v) is 3.47. The molecule has 0 spiro atoms. The zero-order valence-corrected chi connectivity index (χ0v) is 15.7. The summed E-state index contributed by atoms with van der Waals surface area (Å²) in [5.74, 6) is -0.471. The van der Waals surface area contributed by atoms with Crippen LogP contribution in [0, 0.1) is 36.5 Å². The molecule has 0 aliphatic rings. The lowest BCUT2D eigenvalue weighted by Crippen LogP contribution is -2.31. The van der Waals surface area contributed by atoms with E-state index in [9.17, 15) is 13.2 Å². The minimum atomic E-state index is -3.75. The molecule has 2 rings (SSSR count). The van der Waals surface area contributed by atoms with Crippen LogP contribution in [0.1, 0.15) is 21.5 Å². The van der Waals surface area contributed by atoms with Crippen molar-refractivity contribution in [3.05, 3.63) is 59.2 Å². The van der Waals surface area contributed by atoms with Gasteiger partial charge in [-0.15, -0.1) is 0 Å². The lowest BCUT2D eigenvalue weighted by Gasteiger charge is -2.16. The quantitative estimate of drug-likeness (QED) is 0.771. The first-order chi connectivity index (χ1) is 12.8. The summed E-state index contributed by atoms with van der Waals surface area (Å²) in [7, 11) is -3.75. The molecule has 0 aliphatic carbocycles. The van der Waals surface area contributed by atoms with Crippen LogP contribution < -0.4 is 4.72 Å². The molecule has 0 aliphatic heterocycles. The molecule has 27 heavy (non-hydrogen) atoms. The number of hydrogen-bond donors (Lipinski definition) is 1. The van der Waals surface area contributed by atoms with Gasteiger partial charge >= 0.3 is 0 Å². The molecule has 0 fully saturated rings. The van der Waals surface area contributed by atoms with Gasteiger partial charge in [0.05, 0.1) is 17.0 Å². The van der Waals surface area contributed by atoms with Gasteiger partial charge in [-0.05, 0) is 61.4 Å². The van der Waals surface area contributed by atoms with E-state index in [-0.39, 0.29) is 23.5 Å². The van der Waals surface area contributed by atoms with E-state index >= 15 is 0 Å². The zero-order chi connectivity index (χ0) is 20.0. The number of benzene rings is 2. The van der Waals surface area contributed by atoms with Crippen LogP contribution in [0.5, 0.6) is 0 Å². The molecular formula is C19H18N4O3S. The third-order valence-electron chi connectivity index (χ3n) is 3.98. The first-order valence-electron chi connectivity index (χ1n) is 8.02. The van der Waals surface area contributed by atoms with Crippen molar-refractivity contribution in [1.82, 2.24) is 4.90 Å². The first-order valence-corrected chi connectivity index (χ1v) is 9.50. The number of rotatable bonds is 6. The number of aryl methyl sites for hydroxylation is 2. The number of carbonyl (C=O) groups is 1. The van der Waals surface area contributed by atoms with Crippen molar-refractivity contribution in [1.29, 1.82) is 10.5 Å². The van der Waals surface area contributed by atoms with Crippen molar-refractivity contribution < 1.29 is 13.2 Å². The Morgan fingerprint density at radius 3 is 2.11 bits per heavy atom. The molecule has 7 nitrogen and oxygen atoms in total. The van der Waals surface area contributed by atoms with Crippen molar-refractivity contribution >= 4 is 21.6 Å². The molecule has 8 heteroatoms. The lowest BCUT2D eigenvalue weighted by molar-refractivity contribution is 0.0794. The van der Waals surface area contributed by atoms with Gasteiger partial charge in [-0.2, -0.15) is 10.5 Å². The van der Waals surface area contributed by atoms with Crippen LogP contribution in [0.3, 0.4) is 0 Å². The molecule has 2 aromatic rings. The van der Waals surface area contributed by atoms with Crippen molar-refractivity contribution in [2.24, 2.45) is 0 Å². The summed E-state index contributed by atoms with van der Waals surface area (Å²) in [6.07, 6.45) is 0. The topological polar surface area (TPSA) is 114 Å². The molecule has 0 bridgehead atoms. The third kappa shape index (κ3) is 4.84. The number of carbonyl (C=O) groups excluding carboxylic acids is 1. The van der Waals surface area contributed by atoms with Gasteiger partial charge in [0.1, 0.15) is 13.1 Å². The summed E-state index contributed by atoms with van der Waals surface area (Å²) in [4.78, 5) is 13.6. The number of amides is 1. The van der Waals surface area contributed by atoms with Gasteiger partial charge in [-0.1, -0.05) is 6.07 Å². The largest absolute Gasteiger partial charge is 0.312 e. The molecule has 1 N–H and O–H groups in total. The number of nitrogens with one attached hydrogen (secondary N) is 1. The third-order valence-corrected chi connectivity index (χ3v) is 5.36. The molecule has 0 unspecified atom stereocenters. The van der Waals surface area contributed by atoms with Gasteiger partial charge in [0.25, 0.3) is 15.9 Å². The van der Waals surface area contributed by atoms with E-state index in [1.807, 2.05) is 26.0 Å². The average Bonchev–Trinajstić information content (AvgIpc) is 2.63. The number of nitriles is 2. The van der Waals surface area contributed by atoms with E-state index in [4.69, 9.17) is 10.5 Å². The van der Waals surface area contributed by atoms with E-state index in [0.29, 0.717) is 5.69 Å². The predicted octanol–water partition coefficient (Wildman–Crippen LogP) is 2.59. The Morgan fingerprint density at radius 2 is 1.59 bits per heavy atom. The fourth-order valence-electron chi connectivity index (χ4n) is 2.33. The summed E-state index contributed by atoms with van der Waals surface area (Å²) in [5, 5.41) is 17.5. The molecule has 0 atom stereocenters. The Hall–Kier alpha value is -3.36. The highest BCUT2D eigenvalue weighted by Gasteiger charge is 2.17. The van der Waals surface area contributed by atoms with Crippen molar-refractivity contribution in [3.63, 3.8) is 0 Å². The second-order valence-corrected chi connectivity index (χ2v) is 7.59. The Kier molecular flexibility index (Phi) is 6.17. The molecule has 1 amide bonds. The highest BCUT2D eigenvalue weighted by atomic mass is 32.2. The smallest absolute Gasteiger partial charge is 0.261 e. The zero-order valence-electron chi connectivity index (χ0n) is 14.9. The maximum Gasteiger partial charge on any atom is 0.261 e. The predicted molar refractivity (Wildman–Crippen MR) is 100 cm³/mol. The SMILES string of the molecule is Cc1ccc(S(=O)(=O)Nc2ccc(C(=O)N(CC#N)CC#N)cc2)cc1C. The molecule has 0 saturated heterocycles. The molecule has 138 valence electrons. The summed E-state index contributed by atoms with van der Waals surface area (Å²) < 4.78 is 27.5. The van der Waals surface area contributed by atoms with Crippen LogP contribution in [0.15, 0.2) is 47.4 Å². The number of sulfonamides is 1. The molecule has 0 heterocycles. The second kappa shape index (κ2) is 8.35. The van der Waals surface area contributed by atoms with Crippen molar-refractivity contribution in [3.8, 4) is 12.1 Å². The van der Waals surface area contributed by atoms with E-state index < -0.39 is 15.9 Å². The monoisotopic (exact) mass is 382 g/mol. The fraction of sp³-hybridized carbons (Fsp3) is 0.211. The van der Waals surface area contributed by atoms with Crippen LogP contribution in [0.2, 0.25) is 0 Å². The van der Waals surface area contributed by atoms with Gasteiger partial charge in [0, 0.05) is 11.3 Å². The Labute approximate surface area is 158 Å². The van der Waals surface area contributed by atoms with Gasteiger partial charge in [-0.25, -0.2) is 8.42 Å². The Bertz CT molecular complexity index is 1020. The number of hydrogen-bond acceptors (Lipinski definition) is 5. The van der Waals surface area contributed by atoms with Gasteiger partial charge < -0.3 is 4.90 Å². The van der Waals surface area contributed by atoms with E-state index in [1.54, 1.807) is 12.1 Å². The standard InChI is InChI=1S/C19H18N4O3S/c1-14-3-8-18(13-15(14)2)27(25,26)22-17-6-4-16(5-7-17)19(24)23(11-9-20)12-10-21/h3-8,13,22H,11-12H2,1-2H3. The average molecular weight is 382 g/mol. The summed E-state index contributed by atoms with van der Waals surface area (Å²) in [6, 6.07) is 14.4. The van der Waals surface area contributed by atoms with E-state index in [1.165, 1.54) is 30.3 Å². The highest BCUT2D eigenvalue weighted by molar-refractivity contribution is 7.92. The molecular weight excluding hydrogens is 364 g/mol. The lowest BCUT2D eigenvalue weighted by atomic mass is 10.1. The Balaban J connectivity index is 2.20. The van der Waals surface area contributed by atoms with Crippen LogP contribution in [-0.4, -0.2) is 32.3 Å². The minimum absolute atomic E-state index is 0.153. The van der Waals surface area contributed by atoms with Crippen LogP contribution >= 0.6 is 0 Å². The van der Waals surface area contributed by atoms with Gasteiger partial charge in [-0.3, -0.25) is 9.52 Å². The normalized spacial score (nSPS) is 10.5. The Morgan fingerprint density at radius 1 is 1.00 bits per heavy atom.